The Morgan fingerprint density at radius 1 is 0.500 bits per heavy atom. The van der Waals surface area contributed by atoms with E-state index in [-0.39, 0.29) is 0 Å². The van der Waals surface area contributed by atoms with Gasteiger partial charge in [0, 0.05) is 32.9 Å². The van der Waals surface area contributed by atoms with Crippen molar-refractivity contribution in [1.29, 1.82) is 0 Å². The average Bonchev–Trinajstić information content (AvgIpc) is 3.51. The molecule has 5 aromatic carbocycles. The number of hydrogen-bond donors (Lipinski definition) is 0. The molecule has 2 nitrogen and oxygen atoms in total. The van der Waals surface area contributed by atoms with Gasteiger partial charge >= 0.3 is 0 Å². The zero-order valence-electron chi connectivity index (χ0n) is 22.9. The summed E-state index contributed by atoms with van der Waals surface area (Å²) in [4.78, 5) is 0. The lowest BCUT2D eigenvalue weighted by Crippen LogP contribution is -2.05. The first-order valence-electron chi connectivity index (χ1n) is 14.2. The molecule has 0 saturated heterocycles. The van der Waals surface area contributed by atoms with Gasteiger partial charge in [-0.05, 0) is 91.4 Å². The van der Waals surface area contributed by atoms with Crippen molar-refractivity contribution in [2.45, 2.75) is 26.7 Å². The van der Waals surface area contributed by atoms with Crippen molar-refractivity contribution in [3.63, 3.8) is 0 Å². The van der Waals surface area contributed by atoms with Gasteiger partial charge in [-0.15, -0.1) is 0 Å². The number of para-hydroxylation sites is 4. The highest BCUT2D eigenvalue weighted by atomic mass is 15.0. The van der Waals surface area contributed by atoms with E-state index >= 15 is 0 Å². The molecule has 0 amide bonds. The maximum absolute atomic E-state index is 2.48. The first-order chi connectivity index (χ1) is 19.7. The first kappa shape index (κ1) is 23.1. The molecule has 0 fully saturated rings. The maximum Gasteiger partial charge on any atom is 0.0541 e. The highest BCUT2D eigenvalue weighted by Crippen LogP contribution is 2.40. The molecule has 0 radical (unpaired) electrons. The fourth-order valence-corrected chi connectivity index (χ4v) is 6.94. The Morgan fingerprint density at radius 3 is 1.45 bits per heavy atom. The van der Waals surface area contributed by atoms with E-state index in [1.165, 1.54) is 77.3 Å². The third kappa shape index (κ3) is 3.36. The van der Waals surface area contributed by atoms with E-state index in [0.29, 0.717) is 0 Å². The number of benzene rings is 5. The van der Waals surface area contributed by atoms with Gasteiger partial charge in [-0.2, -0.15) is 0 Å². The van der Waals surface area contributed by atoms with Crippen molar-refractivity contribution in [2.75, 3.05) is 0 Å². The molecule has 0 N–H and O–H groups in total. The normalized spacial score (nSPS) is 14.1. The molecule has 1 aliphatic rings. The zero-order chi connectivity index (χ0) is 26.8. The van der Waals surface area contributed by atoms with Gasteiger partial charge in [-0.1, -0.05) is 78.9 Å². The van der Waals surface area contributed by atoms with Gasteiger partial charge in [0.15, 0.2) is 0 Å². The summed E-state index contributed by atoms with van der Waals surface area (Å²) in [6, 6.07) is 42.0. The summed E-state index contributed by atoms with van der Waals surface area (Å²) < 4.78 is 4.88. The first-order valence-corrected chi connectivity index (χ1v) is 14.2. The van der Waals surface area contributed by atoms with Crippen LogP contribution >= 0.6 is 0 Å². The molecule has 192 valence electrons. The third-order valence-corrected chi connectivity index (χ3v) is 8.73. The molecule has 2 heterocycles. The van der Waals surface area contributed by atoms with Crippen molar-refractivity contribution in [3.05, 3.63) is 138 Å². The summed E-state index contributed by atoms with van der Waals surface area (Å²) in [5, 5.41) is 5.24. The average molecular weight is 515 g/mol. The molecule has 0 bridgehead atoms. The Hall–Kier alpha value is -4.82. The van der Waals surface area contributed by atoms with Gasteiger partial charge in [-0.25, -0.2) is 0 Å². The minimum Gasteiger partial charge on any atom is -0.313 e. The summed E-state index contributed by atoms with van der Waals surface area (Å²) in [6.45, 7) is 4.54. The van der Waals surface area contributed by atoms with E-state index in [4.69, 9.17) is 0 Å². The van der Waals surface area contributed by atoms with E-state index < -0.39 is 0 Å². The van der Waals surface area contributed by atoms with Crippen LogP contribution in [0.2, 0.25) is 0 Å². The molecule has 0 atom stereocenters. The van der Waals surface area contributed by atoms with Crippen LogP contribution in [0.25, 0.3) is 60.6 Å². The van der Waals surface area contributed by atoms with Crippen LogP contribution in [-0.4, -0.2) is 9.13 Å². The smallest absolute Gasteiger partial charge is 0.0541 e. The summed E-state index contributed by atoms with van der Waals surface area (Å²) in [6.07, 6.45) is 4.47. The van der Waals surface area contributed by atoms with Gasteiger partial charge in [0.05, 0.1) is 22.1 Å². The molecule has 0 unspecified atom stereocenters. The van der Waals surface area contributed by atoms with Crippen LogP contribution in [0.4, 0.5) is 0 Å². The van der Waals surface area contributed by atoms with Crippen LogP contribution < -0.4 is 0 Å². The summed E-state index contributed by atoms with van der Waals surface area (Å²) in [7, 11) is 0. The van der Waals surface area contributed by atoms with E-state index in [2.05, 4.69) is 144 Å². The molecule has 7 aromatic rings. The van der Waals surface area contributed by atoms with Crippen LogP contribution in [0.5, 0.6) is 0 Å². The molecule has 8 rings (SSSR count). The topological polar surface area (TPSA) is 9.86 Å². The number of rotatable bonds is 3. The largest absolute Gasteiger partial charge is 0.313 e. The second-order valence-electron chi connectivity index (χ2n) is 11.0. The number of aromatic nitrogens is 2. The van der Waals surface area contributed by atoms with Gasteiger partial charge in [0.1, 0.15) is 0 Å². The monoisotopic (exact) mass is 514 g/mol. The summed E-state index contributed by atoms with van der Waals surface area (Å²) in [5.41, 5.74) is 13.2. The molecule has 2 aromatic heterocycles. The summed E-state index contributed by atoms with van der Waals surface area (Å²) in [5.74, 6) is 0. The summed E-state index contributed by atoms with van der Waals surface area (Å²) >= 11 is 0. The van der Waals surface area contributed by atoms with Crippen molar-refractivity contribution >= 4 is 54.9 Å². The van der Waals surface area contributed by atoms with Gasteiger partial charge < -0.3 is 9.13 Å². The molecule has 0 spiro atoms. The van der Waals surface area contributed by atoms with Crippen LogP contribution in [0.15, 0.2) is 127 Å². The third-order valence-electron chi connectivity index (χ3n) is 8.73. The molecule has 0 aliphatic heterocycles. The SMILES string of the molecule is CC1=C(c2ccc(-n3c4ccccc4c4ccccc43)cc2C)CCC(n2c3ccccc3c3ccccc32)=C1. The van der Waals surface area contributed by atoms with Crippen molar-refractivity contribution in [1.82, 2.24) is 9.13 Å². The Balaban J connectivity index is 1.24. The Kier molecular flexibility index (Phi) is 5.12. The standard InChI is InChI=1S/C38H30N2/c1-25-23-27(39-35-15-7-3-11-31(35)32-12-4-8-16-36(32)39)19-21-29(25)30-22-20-28(24-26(30)2)40-37-17-9-5-13-33(37)34-14-6-10-18-38(34)40/h3-19,21,23-24H,20,22H2,1-2H3. The van der Waals surface area contributed by atoms with Crippen LogP contribution in [0.1, 0.15) is 30.9 Å². The number of fused-ring (bicyclic) bond motifs is 6. The molecule has 40 heavy (non-hydrogen) atoms. The highest BCUT2D eigenvalue weighted by Gasteiger charge is 2.20. The molecule has 0 saturated carbocycles. The van der Waals surface area contributed by atoms with Crippen LogP contribution in [0, 0.1) is 6.92 Å². The Morgan fingerprint density at radius 2 is 0.975 bits per heavy atom. The van der Waals surface area contributed by atoms with Gasteiger partial charge in [0.2, 0.25) is 0 Å². The van der Waals surface area contributed by atoms with E-state index in [9.17, 15) is 0 Å². The predicted octanol–water partition coefficient (Wildman–Crippen LogP) is 10.3. The lowest BCUT2D eigenvalue weighted by atomic mass is 9.88. The minimum atomic E-state index is 1.02. The number of hydrogen-bond acceptors (Lipinski definition) is 0. The molecule has 1 aliphatic carbocycles. The zero-order valence-corrected chi connectivity index (χ0v) is 22.9. The van der Waals surface area contributed by atoms with Crippen LogP contribution in [0.3, 0.4) is 0 Å². The second kappa shape index (κ2) is 8.86. The fourth-order valence-electron chi connectivity index (χ4n) is 6.94. The van der Waals surface area contributed by atoms with Crippen molar-refractivity contribution < 1.29 is 0 Å². The lowest BCUT2D eigenvalue weighted by Gasteiger charge is -2.22. The number of aryl methyl sites for hydroxylation is 1. The van der Waals surface area contributed by atoms with Crippen LogP contribution in [-0.2, 0) is 0 Å². The molecular formula is C38H30N2. The fraction of sp³-hybridized carbons (Fsp3) is 0.105. The maximum atomic E-state index is 2.48. The van der Waals surface area contributed by atoms with Gasteiger partial charge in [-0.3, -0.25) is 0 Å². The Labute approximate surface area is 234 Å². The molecular weight excluding hydrogens is 484 g/mol. The minimum absolute atomic E-state index is 1.02. The lowest BCUT2D eigenvalue weighted by molar-refractivity contribution is 0.977. The highest BCUT2D eigenvalue weighted by molar-refractivity contribution is 6.10. The van der Waals surface area contributed by atoms with Crippen molar-refractivity contribution in [2.24, 2.45) is 0 Å². The Bertz CT molecular complexity index is 2070. The predicted molar refractivity (Wildman–Crippen MR) is 171 cm³/mol. The number of allylic oxidation sites excluding steroid dienone is 4. The second-order valence-corrected chi connectivity index (χ2v) is 11.0. The molecule has 2 heteroatoms. The number of nitrogens with zero attached hydrogens (tertiary/aromatic N) is 2. The van der Waals surface area contributed by atoms with Crippen molar-refractivity contribution in [3.8, 4) is 5.69 Å². The van der Waals surface area contributed by atoms with E-state index in [0.717, 1.165) is 12.8 Å². The van der Waals surface area contributed by atoms with Gasteiger partial charge in [0.25, 0.3) is 0 Å². The van der Waals surface area contributed by atoms with E-state index in [1.54, 1.807) is 0 Å². The van der Waals surface area contributed by atoms with E-state index in [1.807, 2.05) is 0 Å². The quantitative estimate of drug-likeness (QED) is 0.222.